The van der Waals surface area contributed by atoms with Crippen LogP contribution in [0.25, 0.3) is 0 Å². The molecule has 0 rings (SSSR count). The van der Waals surface area contributed by atoms with E-state index in [9.17, 15) is 0 Å². The minimum Gasteiger partial charge on any atom is -0.514 e. The van der Waals surface area contributed by atoms with Crippen molar-refractivity contribution in [3.05, 3.63) is 12.2 Å². The van der Waals surface area contributed by atoms with Gasteiger partial charge in [0.05, 0.1) is 0 Å². The molecule has 0 heterocycles. The first-order valence-electron chi connectivity index (χ1n) is 5.91. The number of hydrogen-bond donors (Lipinski definition) is 0. The fourth-order valence-electron chi connectivity index (χ4n) is 1.48. The summed E-state index contributed by atoms with van der Waals surface area (Å²) < 4.78 is 0. The van der Waals surface area contributed by atoms with Crippen molar-refractivity contribution < 1.29 is 17.1 Å². The largest absolute Gasteiger partial charge is 1.00 e. The summed E-state index contributed by atoms with van der Waals surface area (Å²) in [6, 6.07) is 0. The van der Waals surface area contributed by atoms with Gasteiger partial charge in [0.15, 0.2) is 0 Å². The van der Waals surface area contributed by atoms with Crippen LogP contribution in [0.4, 0.5) is 0 Å². The molecule has 0 aromatic carbocycles. The van der Waals surface area contributed by atoms with Crippen LogP contribution in [0.1, 0.15) is 71.6 Å². The van der Waals surface area contributed by atoms with Gasteiger partial charge in [0, 0.05) is 0 Å². The Labute approximate surface area is 101 Å². The minimum absolute atomic E-state index is 0. The van der Waals surface area contributed by atoms with Crippen molar-refractivity contribution in [2.24, 2.45) is 0 Å². The molecule has 88 valence electrons. The van der Waals surface area contributed by atoms with Crippen LogP contribution >= 0.6 is 0 Å². The van der Waals surface area contributed by atoms with Gasteiger partial charge in [-0.05, 0) is 0 Å². The van der Waals surface area contributed by atoms with Gasteiger partial charge in [-0.15, -0.1) is 0 Å². The predicted molar refractivity (Wildman–Crippen MR) is 60.7 cm³/mol. The van der Waals surface area contributed by atoms with Crippen molar-refractivity contribution in [3.63, 3.8) is 0 Å². The Morgan fingerprint density at radius 2 is 1.29 bits per heavy atom. The summed E-state index contributed by atoms with van der Waals surface area (Å²) in [5.41, 5.74) is 1.22. The second-order valence-corrected chi connectivity index (χ2v) is 3.93. The number of allylic oxidation sites excluding steroid dienone is 1. The molecule has 0 bridgehead atoms. The van der Waals surface area contributed by atoms with Gasteiger partial charge >= 0.3 is 17.1 Å². The number of hydrogen-bond acceptors (Lipinski definition) is 0. The van der Waals surface area contributed by atoms with Gasteiger partial charge in [-0.25, -0.2) is 0 Å². The summed E-state index contributed by atoms with van der Waals surface area (Å²) in [7, 11) is 0. The molecule has 0 aromatic rings. The van der Waals surface area contributed by atoms with Crippen LogP contribution in [-0.4, -0.2) is 0 Å². The summed E-state index contributed by atoms with van der Waals surface area (Å²) in [5.74, 6) is 0. The van der Waals surface area contributed by atoms with Gasteiger partial charge in [-0.3, -0.25) is 5.57 Å². The van der Waals surface area contributed by atoms with Crippen molar-refractivity contribution in [1.82, 2.24) is 0 Å². The van der Waals surface area contributed by atoms with Crippen LogP contribution in [0, 0.1) is 6.58 Å². The Kier molecular flexibility index (Phi) is 15.8. The number of rotatable bonds is 9. The van der Waals surface area contributed by atoms with Crippen molar-refractivity contribution in [2.75, 3.05) is 0 Å². The second-order valence-electron chi connectivity index (χ2n) is 3.93. The third kappa shape index (κ3) is 12.3. The van der Waals surface area contributed by atoms with Crippen LogP contribution in [0.5, 0.6) is 0 Å². The van der Waals surface area contributed by atoms with Crippen LogP contribution in [0.2, 0.25) is 0 Å². The van der Waals surface area contributed by atoms with E-state index in [0.29, 0.717) is 0 Å². The van der Waals surface area contributed by atoms with Crippen LogP contribution in [0.3, 0.4) is 0 Å². The summed E-state index contributed by atoms with van der Waals surface area (Å²) in [5, 5.41) is 0. The first-order valence-corrected chi connectivity index (χ1v) is 5.91. The molecule has 0 nitrogen and oxygen atoms in total. The average molecular weight is 245 g/mol. The van der Waals surface area contributed by atoms with Crippen molar-refractivity contribution in [3.8, 4) is 0 Å². The van der Waals surface area contributed by atoms with Gasteiger partial charge in [0.1, 0.15) is 0 Å². The minimum atomic E-state index is 0. The Bertz CT molecular complexity index is 118. The molecule has 0 spiro atoms. The molecule has 0 fully saturated rings. The molecular weight excluding hydrogens is 220 g/mol. The van der Waals surface area contributed by atoms with E-state index in [1.165, 1.54) is 50.5 Å². The zero-order chi connectivity index (χ0) is 9.94. The second kappa shape index (κ2) is 13.3. The molecule has 0 aliphatic carbocycles. The molecule has 0 aromatic heterocycles. The monoisotopic (exact) mass is 244 g/mol. The predicted octanol–water partition coefficient (Wildman–Crippen LogP) is 4.89. The van der Waals surface area contributed by atoms with Crippen LogP contribution in [0.15, 0.2) is 5.57 Å². The summed E-state index contributed by atoms with van der Waals surface area (Å²) in [6.07, 6.45) is 11.6. The fraction of sp³-hybridized carbons (Fsp3) is 0.846. The zero-order valence-corrected chi connectivity index (χ0v) is 10.7. The molecular formula is C13H25Cu. The molecule has 0 N–H and O–H groups in total. The first-order chi connectivity index (χ1) is 6.31. The normalized spacial score (nSPS) is 9.57. The maximum atomic E-state index is 5.89. The Balaban J connectivity index is 0. The molecule has 0 amide bonds. The SMILES string of the molecule is [CH-]=C(CCCC)CCCCCCC.[Cu+]. The molecule has 0 saturated heterocycles. The van der Waals surface area contributed by atoms with Crippen LogP contribution in [-0.2, 0) is 17.1 Å². The number of unbranched alkanes of at least 4 members (excludes halogenated alkanes) is 5. The first kappa shape index (κ1) is 16.7. The van der Waals surface area contributed by atoms with Gasteiger partial charge in [0.25, 0.3) is 0 Å². The summed E-state index contributed by atoms with van der Waals surface area (Å²) in [4.78, 5) is 0. The van der Waals surface area contributed by atoms with Crippen molar-refractivity contribution in [1.29, 1.82) is 0 Å². The van der Waals surface area contributed by atoms with Crippen molar-refractivity contribution in [2.45, 2.75) is 71.6 Å². The fourth-order valence-corrected chi connectivity index (χ4v) is 1.48. The molecule has 14 heavy (non-hydrogen) atoms. The molecule has 0 unspecified atom stereocenters. The zero-order valence-electron chi connectivity index (χ0n) is 9.74. The average Bonchev–Trinajstić information content (AvgIpc) is 2.14. The van der Waals surface area contributed by atoms with E-state index in [2.05, 4.69) is 13.8 Å². The Morgan fingerprint density at radius 1 is 0.786 bits per heavy atom. The standard InChI is InChI=1S/C13H25.Cu/c1-4-6-8-9-10-12-13(3)11-7-5-2;/h3H,4-12H2,1-2H3;/q-1;+1. The molecule has 0 aliphatic rings. The molecule has 0 atom stereocenters. The topological polar surface area (TPSA) is 0 Å². The van der Waals surface area contributed by atoms with Gasteiger partial charge < -0.3 is 6.58 Å². The maximum Gasteiger partial charge on any atom is 1.00 e. The molecule has 0 aliphatic heterocycles. The third-order valence-corrected chi connectivity index (χ3v) is 2.45. The van der Waals surface area contributed by atoms with Gasteiger partial charge in [-0.1, -0.05) is 71.6 Å². The third-order valence-electron chi connectivity index (χ3n) is 2.45. The van der Waals surface area contributed by atoms with E-state index in [4.69, 9.17) is 6.58 Å². The van der Waals surface area contributed by atoms with Gasteiger partial charge in [0.2, 0.25) is 0 Å². The van der Waals surface area contributed by atoms with Crippen molar-refractivity contribution >= 4 is 0 Å². The van der Waals surface area contributed by atoms with E-state index in [0.717, 1.165) is 12.8 Å². The van der Waals surface area contributed by atoms with E-state index < -0.39 is 0 Å². The van der Waals surface area contributed by atoms with E-state index in [1.807, 2.05) is 0 Å². The smallest absolute Gasteiger partial charge is 0.514 e. The summed E-state index contributed by atoms with van der Waals surface area (Å²) >= 11 is 0. The van der Waals surface area contributed by atoms with E-state index >= 15 is 0 Å². The molecule has 0 saturated carbocycles. The van der Waals surface area contributed by atoms with E-state index in [-0.39, 0.29) is 17.1 Å². The summed E-state index contributed by atoms with van der Waals surface area (Å²) in [6.45, 7) is 10.4. The maximum absolute atomic E-state index is 5.89. The van der Waals surface area contributed by atoms with E-state index in [1.54, 1.807) is 0 Å². The van der Waals surface area contributed by atoms with Crippen LogP contribution < -0.4 is 0 Å². The Hall–Kier alpha value is 0.259. The van der Waals surface area contributed by atoms with Gasteiger partial charge in [-0.2, -0.15) is 0 Å². The Morgan fingerprint density at radius 3 is 1.86 bits per heavy atom. The molecule has 1 heteroatoms. The quantitative estimate of drug-likeness (QED) is 0.308. The molecule has 0 radical (unpaired) electrons.